The first kappa shape index (κ1) is 11.7. The van der Waals surface area contributed by atoms with Gasteiger partial charge in [0.2, 0.25) is 0 Å². The fourth-order valence-electron chi connectivity index (χ4n) is 2.13. The van der Waals surface area contributed by atoms with Crippen LogP contribution in [0.1, 0.15) is 17.4 Å². The van der Waals surface area contributed by atoms with Crippen LogP contribution in [-0.2, 0) is 0 Å². The van der Waals surface area contributed by atoms with Crippen molar-refractivity contribution < 1.29 is 0 Å². The van der Waals surface area contributed by atoms with E-state index in [9.17, 15) is 0 Å². The minimum Gasteiger partial charge on any atom is -0.270 e. The lowest BCUT2D eigenvalue weighted by atomic mass is 10.0. The van der Waals surface area contributed by atoms with E-state index in [0.717, 1.165) is 16.3 Å². The zero-order valence-corrected chi connectivity index (χ0v) is 10.2. The molecule has 3 rings (SSSR count). The number of nitrogens with zero attached hydrogens (tertiary/aromatic N) is 3. The molecule has 0 aliphatic heterocycles. The van der Waals surface area contributed by atoms with Crippen molar-refractivity contribution in [3.63, 3.8) is 0 Å². The van der Waals surface area contributed by atoms with E-state index >= 15 is 0 Å². The summed E-state index contributed by atoms with van der Waals surface area (Å²) in [5.74, 6) is 6.30. The number of hydrazine groups is 1. The molecular formula is C14H13N5. The number of nitrogens with one attached hydrogen (secondary N) is 1. The molecule has 3 aromatic rings. The Morgan fingerprint density at radius 2 is 1.79 bits per heavy atom. The van der Waals surface area contributed by atoms with E-state index in [-0.39, 0.29) is 6.04 Å². The maximum Gasteiger partial charge on any atom is 0.150 e. The Balaban J connectivity index is 2.17. The Morgan fingerprint density at radius 3 is 2.58 bits per heavy atom. The Hall–Kier alpha value is -2.37. The minimum atomic E-state index is -0.278. The highest BCUT2D eigenvalue weighted by Crippen LogP contribution is 2.25. The highest BCUT2D eigenvalue weighted by atomic mass is 15.2. The second kappa shape index (κ2) is 5.09. The smallest absolute Gasteiger partial charge is 0.150 e. The molecule has 0 saturated carbocycles. The van der Waals surface area contributed by atoms with Gasteiger partial charge in [0.15, 0.2) is 5.82 Å². The SMILES string of the molecule is NNC(c1ncccn1)c1cncc2ccccc12. The zero-order valence-electron chi connectivity index (χ0n) is 10.2. The van der Waals surface area contributed by atoms with Gasteiger partial charge in [0, 0.05) is 35.7 Å². The van der Waals surface area contributed by atoms with Crippen molar-refractivity contribution in [2.24, 2.45) is 5.84 Å². The molecule has 5 heteroatoms. The summed E-state index contributed by atoms with van der Waals surface area (Å²) in [7, 11) is 0. The first-order chi connectivity index (χ1) is 9.40. The minimum absolute atomic E-state index is 0.278. The third-order valence-electron chi connectivity index (χ3n) is 3.02. The average molecular weight is 251 g/mol. The van der Waals surface area contributed by atoms with E-state index in [1.165, 1.54) is 0 Å². The van der Waals surface area contributed by atoms with Crippen LogP contribution in [0.3, 0.4) is 0 Å². The summed E-state index contributed by atoms with van der Waals surface area (Å²) in [6.07, 6.45) is 7.03. The van der Waals surface area contributed by atoms with E-state index in [1.54, 1.807) is 24.7 Å². The molecule has 94 valence electrons. The van der Waals surface area contributed by atoms with Crippen molar-refractivity contribution in [1.29, 1.82) is 0 Å². The first-order valence-electron chi connectivity index (χ1n) is 5.96. The Labute approximate surface area is 110 Å². The van der Waals surface area contributed by atoms with E-state index in [0.29, 0.717) is 5.82 Å². The second-order valence-electron chi connectivity index (χ2n) is 4.16. The molecule has 1 atom stereocenters. The molecule has 0 amide bonds. The van der Waals surface area contributed by atoms with Gasteiger partial charge in [-0.2, -0.15) is 0 Å². The van der Waals surface area contributed by atoms with Gasteiger partial charge in [-0.15, -0.1) is 0 Å². The third-order valence-corrected chi connectivity index (χ3v) is 3.02. The lowest BCUT2D eigenvalue weighted by Crippen LogP contribution is -2.30. The third kappa shape index (κ3) is 2.16. The molecule has 2 aromatic heterocycles. The van der Waals surface area contributed by atoms with Crippen LogP contribution in [0.2, 0.25) is 0 Å². The molecule has 0 bridgehead atoms. The number of aromatic nitrogens is 3. The van der Waals surface area contributed by atoms with Gasteiger partial charge in [-0.3, -0.25) is 10.8 Å². The van der Waals surface area contributed by atoms with Crippen molar-refractivity contribution >= 4 is 10.8 Å². The molecule has 2 heterocycles. The molecule has 0 fully saturated rings. The second-order valence-corrected chi connectivity index (χ2v) is 4.16. The predicted octanol–water partition coefficient (Wildman–Crippen LogP) is 1.58. The fourth-order valence-corrected chi connectivity index (χ4v) is 2.13. The Kier molecular flexibility index (Phi) is 3.14. The Bertz CT molecular complexity index is 678. The monoisotopic (exact) mass is 251 g/mol. The van der Waals surface area contributed by atoms with Gasteiger partial charge in [-0.1, -0.05) is 24.3 Å². The lowest BCUT2D eigenvalue weighted by molar-refractivity contribution is 0.603. The van der Waals surface area contributed by atoms with Crippen molar-refractivity contribution in [1.82, 2.24) is 20.4 Å². The predicted molar refractivity (Wildman–Crippen MR) is 72.9 cm³/mol. The van der Waals surface area contributed by atoms with Crippen LogP contribution >= 0.6 is 0 Å². The lowest BCUT2D eigenvalue weighted by Gasteiger charge is -2.16. The van der Waals surface area contributed by atoms with Gasteiger partial charge in [0.1, 0.15) is 6.04 Å². The Morgan fingerprint density at radius 1 is 1.00 bits per heavy atom. The zero-order chi connectivity index (χ0) is 13.1. The molecule has 19 heavy (non-hydrogen) atoms. The number of rotatable bonds is 3. The molecule has 3 N–H and O–H groups in total. The van der Waals surface area contributed by atoms with Crippen LogP contribution in [0.4, 0.5) is 0 Å². The number of pyridine rings is 1. The summed E-state index contributed by atoms with van der Waals surface area (Å²) in [6.45, 7) is 0. The summed E-state index contributed by atoms with van der Waals surface area (Å²) >= 11 is 0. The topological polar surface area (TPSA) is 76.7 Å². The van der Waals surface area contributed by atoms with Gasteiger partial charge in [-0.05, 0) is 11.5 Å². The number of benzene rings is 1. The fraction of sp³-hybridized carbons (Fsp3) is 0.0714. The van der Waals surface area contributed by atoms with Crippen molar-refractivity contribution in [2.75, 3.05) is 0 Å². The van der Waals surface area contributed by atoms with Gasteiger partial charge >= 0.3 is 0 Å². The largest absolute Gasteiger partial charge is 0.270 e. The highest BCUT2D eigenvalue weighted by molar-refractivity contribution is 5.85. The standard InChI is InChI=1S/C14H13N5/c15-19-13(14-17-6-3-7-18-14)12-9-16-8-10-4-1-2-5-11(10)12/h1-9,13,19H,15H2. The summed E-state index contributed by atoms with van der Waals surface area (Å²) in [5, 5.41) is 2.16. The van der Waals surface area contributed by atoms with Crippen molar-refractivity contribution in [3.05, 3.63) is 66.5 Å². The van der Waals surface area contributed by atoms with Crippen LogP contribution in [-0.4, -0.2) is 15.0 Å². The van der Waals surface area contributed by atoms with Crippen LogP contribution < -0.4 is 11.3 Å². The average Bonchev–Trinajstić information content (AvgIpc) is 2.49. The van der Waals surface area contributed by atoms with Crippen LogP contribution in [0.25, 0.3) is 10.8 Å². The van der Waals surface area contributed by atoms with Crippen molar-refractivity contribution in [3.8, 4) is 0 Å². The van der Waals surface area contributed by atoms with E-state index in [4.69, 9.17) is 5.84 Å². The van der Waals surface area contributed by atoms with Crippen LogP contribution in [0.5, 0.6) is 0 Å². The molecule has 0 aliphatic carbocycles. The molecule has 0 aliphatic rings. The maximum absolute atomic E-state index is 5.67. The summed E-state index contributed by atoms with van der Waals surface area (Å²) < 4.78 is 0. The van der Waals surface area contributed by atoms with E-state index in [2.05, 4.69) is 20.4 Å². The molecule has 0 radical (unpaired) electrons. The number of nitrogens with two attached hydrogens (primary N) is 1. The molecule has 5 nitrogen and oxygen atoms in total. The number of hydrogen-bond acceptors (Lipinski definition) is 5. The first-order valence-corrected chi connectivity index (χ1v) is 5.96. The van der Waals surface area contributed by atoms with Crippen molar-refractivity contribution in [2.45, 2.75) is 6.04 Å². The van der Waals surface area contributed by atoms with Gasteiger partial charge < -0.3 is 0 Å². The normalized spacial score (nSPS) is 12.5. The molecule has 0 spiro atoms. The summed E-state index contributed by atoms with van der Waals surface area (Å²) in [6, 6.07) is 9.53. The van der Waals surface area contributed by atoms with Crippen LogP contribution in [0.15, 0.2) is 55.1 Å². The van der Waals surface area contributed by atoms with Gasteiger partial charge in [-0.25, -0.2) is 15.4 Å². The summed E-state index contributed by atoms with van der Waals surface area (Å²) in [5.41, 5.74) is 3.73. The molecular weight excluding hydrogens is 238 g/mol. The quantitative estimate of drug-likeness (QED) is 0.546. The maximum atomic E-state index is 5.67. The molecule has 1 unspecified atom stereocenters. The van der Waals surface area contributed by atoms with E-state index in [1.807, 2.05) is 30.5 Å². The number of fused-ring (bicyclic) bond motifs is 1. The van der Waals surface area contributed by atoms with E-state index < -0.39 is 0 Å². The molecule has 1 aromatic carbocycles. The van der Waals surface area contributed by atoms with Crippen LogP contribution in [0, 0.1) is 0 Å². The van der Waals surface area contributed by atoms with Gasteiger partial charge in [0.25, 0.3) is 0 Å². The summed E-state index contributed by atoms with van der Waals surface area (Å²) in [4.78, 5) is 12.8. The molecule has 0 saturated heterocycles. The number of hydrogen-bond donors (Lipinski definition) is 2. The highest BCUT2D eigenvalue weighted by Gasteiger charge is 2.17. The van der Waals surface area contributed by atoms with Gasteiger partial charge in [0.05, 0.1) is 0 Å².